The summed E-state index contributed by atoms with van der Waals surface area (Å²) >= 11 is 14.1. The summed E-state index contributed by atoms with van der Waals surface area (Å²) in [6.07, 6.45) is 0. The Hall–Kier alpha value is -0.650. The van der Waals surface area contributed by atoms with Gasteiger partial charge in [-0.15, -0.1) is 5.11 Å². The third-order valence-corrected chi connectivity index (χ3v) is 3.56. The van der Waals surface area contributed by atoms with Crippen molar-refractivity contribution in [3.63, 3.8) is 0 Å². The molecule has 0 unspecified atom stereocenters. The first-order valence-electron chi connectivity index (χ1n) is 4.78. The molecule has 17 heavy (non-hydrogen) atoms. The number of hydrogen-bond donors (Lipinski definition) is 0. The molecule has 0 spiro atoms. The van der Waals surface area contributed by atoms with Crippen molar-refractivity contribution in [1.29, 1.82) is 0 Å². The third-order valence-electron chi connectivity index (χ3n) is 2.03. The van der Waals surface area contributed by atoms with Gasteiger partial charge in [0, 0.05) is 3.57 Å². The molecule has 0 aromatic heterocycles. The standard InChI is InChI=1S/C12H7Cl2IN2/c13-10-2-1-3-11(12(10)14)17-16-9-6-4-8(15)5-7-9/h1-7H. The largest absolute Gasteiger partial charge is 0.151 e. The lowest BCUT2D eigenvalue weighted by Gasteiger charge is -1.98. The number of nitrogens with zero attached hydrogens (tertiary/aromatic N) is 2. The Bertz CT molecular complexity index is 553. The topological polar surface area (TPSA) is 24.7 Å². The minimum absolute atomic E-state index is 0.420. The number of halogens is 3. The molecule has 0 saturated heterocycles. The van der Waals surface area contributed by atoms with E-state index >= 15 is 0 Å². The molecule has 0 atom stereocenters. The van der Waals surface area contributed by atoms with Gasteiger partial charge in [-0.2, -0.15) is 5.11 Å². The maximum absolute atomic E-state index is 6.00. The molecule has 0 aliphatic rings. The first kappa shape index (κ1) is 12.8. The smallest absolute Gasteiger partial charge is 0.106 e. The molecular formula is C12H7Cl2IN2. The minimum Gasteiger partial charge on any atom is -0.151 e. The van der Waals surface area contributed by atoms with Gasteiger partial charge in [0.05, 0.1) is 15.7 Å². The van der Waals surface area contributed by atoms with E-state index in [0.717, 1.165) is 9.26 Å². The second-order valence-corrected chi connectivity index (χ2v) is 5.28. The second-order valence-electron chi connectivity index (χ2n) is 3.25. The fraction of sp³-hybridized carbons (Fsp3) is 0. The summed E-state index contributed by atoms with van der Waals surface area (Å²) in [5, 5.41) is 9.07. The van der Waals surface area contributed by atoms with Crippen molar-refractivity contribution in [2.45, 2.75) is 0 Å². The number of rotatable bonds is 2. The SMILES string of the molecule is Clc1cccc(N=Nc2ccc(I)cc2)c1Cl. The highest BCUT2D eigenvalue weighted by atomic mass is 127. The molecule has 0 bridgehead atoms. The molecule has 2 aromatic carbocycles. The predicted molar refractivity (Wildman–Crippen MR) is 79.8 cm³/mol. The summed E-state index contributed by atoms with van der Waals surface area (Å²) in [6, 6.07) is 13.0. The van der Waals surface area contributed by atoms with Gasteiger partial charge in [0.2, 0.25) is 0 Å². The van der Waals surface area contributed by atoms with E-state index in [-0.39, 0.29) is 0 Å². The van der Waals surface area contributed by atoms with Gasteiger partial charge in [0.1, 0.15) is 5.69 Å². The van der Waals surface area contributed by atoms with E-state index in [9.17, 15) is 0 Å². The van der Waals surface area contributed by atoms with Gasteiger partial charge in [0.25, 0.3) is 0 Å². The van der Waals surface area contributed by atoms with Crippen molar-refractivity contribution in [2.24, 2.45) is 10.2 Å². The van der Waals surface area contributed by atoms with Gasteiger partial charge in [-0.3, -0.25) is 0 Å². The van der Waals surface area contributed by atoms with Crippen LogP contribution in [0.15, 0.2) is 52.7 Å². The summed E-state index contributed by atoms with van der Waals surface area (Å²) in [4.78, 5) is 0. The van der Waals surface area contributed by atoms with E-state index in [1.807, 2.05) is 24.3 Å². The van der Waals surface area contributed by atoms with Crippen LogP contribution in [-0.4, -0.2) is 0 Å². The van der Waals surface area contributed by atoms with Gasteiger partial charge in [-0.1, -0.05) is 29.3 Å². The fourth-order valence-electron chi connectivity index (χ4n) is 1.19. The van der Waals surface area contributed by atoms with Crippen LogP contribution in [0.2, 0.25) is 10.0 Å². The molecule has 0 aliphatic carbocycles. The van der Waals surface area contributed by atoms with E-state index in [4.69, 9.17) is 23.2 Å². The molecule has 2 rings (SSSR count). The lowest BCUT2D eigenvalue weighted by atomic mass is 10.3. The highest BCUT2D eigenvalue weighted by Gasteiger charge is 2.02. The van der Waals surface area contributed by atoms with Gasteiger partial charge < -0.3 is 0 Å². The van der Waals surface area contributed by atoms with Crippen molar-refractivity contribution >= 4 is 57.2 Å². The Kier molecular flexibility index (Phi) is 4.36. The lowest BCUT2D eigenvalue weighted by Crippen LogP contribution is -1.70. The molecule has 0 aliphatic heterocycles. The molecule has 0 fully saturated rings. The number of benzene rings is 2. The molecule has 86 valence electrons. The zero-order valence-corrected chi connectivity index (χ0v) is 12.2. The lowest BCUT2D eigenvalue weighted by molar-refractivity contribution is 1.23. The van der Waals surface area contributed by atoms with E-state index in [1.54, 1.807) is 18.2 Å². The quantitative estimate of drug-likeness (QED) is 0.452. The van der Waals surface area contributed by atoms with Crippen LogP contribution in [0.5, 0.6) is 0 Å². The average Bonchev–Trinajstić information content (AvgIpc) is 2.33. The van der Waals surface area contributed by atoms with Crippen LogP contribution in [0.25, 0.3) is 0 Å². The maximum Gasteiger partial charge on any atom is 0.106 e. The Morgan fingerprint density at radius 1 is 0.882 bits per heavy atom. The molecular weight excluding hydrogens is 370 g/mol. The van der Waals surface area contributed by atoms with Crippen molar-refractivity contribution in [3.8, 4) is 0 Å². The molecule has 0 saturated carbocycles. The van der Waals surface area contributed by atoms with Crippen LogP contribution < -0.4 is 0 Å². The molecule has 0 heterocycles. The number of hydrogen-bond acceptors (Lipinski definition) is 2. The van der Waals surface area contributed by atoms with Crippen molar-refractivity contribution < 1.29 is 0 Å². The van der Waals surface area contributed by atoms with Crippen LogP contribution in [0.4, 0.5) is 11.4 Å². The summed E-state index contributed by atoms with van der Waals surface area (Å²) < 4.78 is 1.15. The zero-order valence-electron chi connectivity index (χ0n) is 8.57. The van der Waals surface area contributed by atoms with Crippen LogP contribution in [0, 0.1) is 3.57 Å². The Morgan fingerprint density at radius 3 is 2.29 bits per heavy atom. The molecule has 5 heteroatoms. The Labute approximate surface area is 123 Å². The van der Waals surface area contributed by atoms with Gasteiger partial charge in [0.15, 0.2) is 0 Å². The number of azo groups is 1. The summed E-state index contributed by atoms with van der Waals surface area (Å²) in [6.45, 7) is 0. The van der Waals surface area contributed by atoms with Crippen molar-refractivity contribution in [3.05, 3.63) is 56.1 Å². The van der Waals surface area contributed by atoms with E-state index in [1.165, 1.54) is 0 Å². The first-order chi connectivity index (χ1) is 8.16. The Balaban J connectivity index is 2.26. The first-order valence-corrected chi connectivity index (χ1v) is 6.61. The van der Waals surface area contributed by atoms with Crippen LogP contribution in [-0.2, 0) is 0 Å². The normalized spacial score (nSPS) is 11.0. The maximum atomic E-state index is 6.00. The highest BCUT2D eigenvalue weighted by molar-refractivity contribution is 14.1. The summed E-state index contributed by atoms with van der Waals surface area (Å²) in [5.74, 6) is 0. The fourth-order valence-corrected chi connectivity index (χ4v) is 1.88. The molecule has 0 N–H and O–H groups in total. The van der Waals surface area contributed by atoms with Crippen LogP contribution >= 0.6 is 45.8 Å². The summed E-state index contributed by atoms with van der Waals surface area (Å²) in [5.41, 5.74) is 1.35. The van der Waals surface area contributed by atoms with Crippen LogP contribution in [0.1, 0.15) is 0 Å². The molecule has 2 aromatic rings. The van der Waals surface area contributed by atoms with E-state index < -0.39 is 0 Å². The monoisotopic (exact) mass is 376 g/mol. The van der Waals surface area contributed by atoms with E-state index in [0.29, 0.717) is 15.7 Å². The van der Waals surface area contributed by atoms with Crippen molar-refractivity contribution in [2.75, 3.05) is 0 Å². The second kappa shape index (κ2) is 5.80. The van der Waals surface area contributed by atoms with Crippen molar-refractivity contribution in [1.82, 2.24) is 0 Å². The molecule has 2 nitrogen and oxygen atoms in total. The zero-order chi connectivity index (χ0) is 12.3. The summed E-state index contributed by atoms with van der Waals surface area (Å²) in [7, 11) is 0. The van der Waals surface area contributed by atoms with Gasteiger partial charge in [-0.25, -0.2) is 0 Å². The molecule has 0 radical (unpaired) electrons. The van der Waals surface area contributed by atoms with Gasteiger partial charge >= 0.3 is 0 Å². The third kappa shape index (κ3) is 3.40. The highest BCUT2D eigenvalue weighted by Crippen LogP contribution is 2.32. The molecule has 0 amide bonds. The minimum atomic E-state index is 0.420. The predicted octanol–water partition coefficient (Wildman–Crippen LogP) is 6.01. The average molecular weight is 377 g/mol. The van der Waals surface area contributed by atoms with Gasteiger partial charge in [-0.05, 0) is 59.0 Å². The van der Waals surface area contributed by atoms with E-state index in [2.05, 4.69) is 32.8 Å². The van der Waals surface area contributed by atoms with Crippen LogP contribution in [0.3, 0.4) is 0 Å². The Morgan fingerprint density at radius 2 is 1.59 bits per heavy atom.